The number of aromatic nitrogens is 1. The fraction of sp³-hybridized carbons (Fsp3) is 0.571. The number of rotatable bonds is 4. The lowest BCUT2D eigenvalue weighted by molar-refractivity contribution is -0.143. The zero-order valence-electron chi connectivity index (χ0n) is 15.3. The maximum Gasteiger partial charge on any atom is 0.302 e. The van der Waals surface area contributed by atoms with Crippen molar-refractivity contribution in [1.82, 2.24) is 9.88 Å². The molecule has 1 saturated heterocycles. The Hall–Kier alpha value is -1.81. The first-order valence-corrected chi connectivity index (χ1v) is 9.64. The minimum Gasteiger partial charge on any atom is -0.466 e. The molecule has 25 heavy (non-hydrogen) atoms. The zero-order valence-corrected chi connectivity index (χ0v) is 15.3. The summed E-state index contributed by atoms with van der Waals surface area (Å²) in [5.41, 5.74) is 4.22. The van der Waals surface area contributed by atoms with Gasteiger partial charge in [0.05, 0.1) is 12.6 Å². The SMILES string of the molecule is CCC(COC(C)=O)[C@H]1CCN2CCc3c([nH]c4ccccc34)[C@@H]2C1. The predicted molar refractivity (Wildman–Crippen MR) is 99.5 cm³/mol. The fourth-order valence-corrected chi connectivity index (χ4v) is 4.88. The van der Waals surface area contributed by atoms with Crippen LogP contribution in [0.3, 0.4) is 0 Å². The number of hydrogen-bond donors (Lipinski definition) is 1. The summed E-state index contributed by atoms with van der Waals surface area (Å²) in [4.78, 5) is 17.6. The molecule has 2 aromatic rings. The van der Waals surface area contributed by atoms with E-state index in [1.165, 1.54) is 41.9 Å². The molecular formula is C21H28N2O2. The average Bonchev–Trinajstić information content (AvgIpc) is 3.01. The number of ether oxygens (including phenoxy) is 1. The van der Waals surface area contributed by atoms with Crippen molar-refractivity contribution in [3.8, 4) is 0 Å². The Kier molecular flexibility index (Phi) is 4.55. The third-order valence-corrected chi connectivity index (χ3v) is 6.27. The topological polar surface area (TPSA) is 45.3 Å². The second-order valence-corrected chi connectivity index (χ2v) is 7.62. The molecule has 4 rings (SSSR count). The number of carbonyl (C=O) groups excluding carboxylic acids is 1. The lowest BCUT2D eigenvalue weighted by atomic mass is 9.77. The standard InChI is InChI=1S/C21H28N2O2/c1-3-15(13-25-14(2)24)16-8-10-23-11-9-18-17-6-4-5-7-19(17)22-21(18)20(23)12-16/h4-7,15-16,20,22H,3,8-13H2,1-2H3/t15?,16-,20-/m0/s1. The molecule has 4 nitrogen and oxygen atoms in total. The Morgan fingerprint density at radius 1 is 1.36 bits per heavy atom. The molecule has 0 saturated carbocycles. The predicted octanol–water partition coefficient (Wildman–Crippen LogP) is 4.07. The second-order valence-electron chi connectivity index (χ2n) is 7.62. The van der Waals surface area contributed by atoms with Crippen molar-refractivity contribution in [2.75, 3.05) is 19.7 Å². The number of para-hydroxylation sites is 1. The van der Waals surface area contributed by atoms with E-state index in [1.54, 1.807) is 0 Å². The van der Waals surface area contributed by atoms with Crippen LogP contribution in [0.2, 0.25) is 0 Å². The van der Waals surface area contributed by atoms with Gasteiger partial charge in [0.25, 0.3) is 0 Å². The van der Waals surface area contributed by atoms with Gasteiger partial charge in [-0.05, 0) is 55.7 Å². The molecule has 2 aliphatic heterocycles. The summed E-state index contributed by atoms with van der Waals surface area (Å²) in [5.74, 6) is 0.940. The fourth-order valence-electron chi connectivity index (χ4n) is 4.88. The van der Waals surface area contributed by atoms with Crippen molar-refractivity contribution in [3.63, 3.8) is 0 Å². The summed E-state index contributed by atoms with van der Waals surface area (Å²) in [6.45, 7) is 6.61. The van der Waals surface area contributed by atoms with Crippen LogP contribution in [0.1, 0.15) is 50.4 Å². The summed E-state index contributed by atoms with van der Waals surface area (Å²) in [6, 6.07) is 9.17. The minimum atomic E-state index is -0.161. The summed E-state index contributed by atoms with van der Waals surface area (Å²) in [7, 11) is 0. The quantitative estimate of drug-likeness (QED) is 0.854. The van der Waals surface area contributed by atoms with Gasteiger partial charge in [-0.15, -0.1) is 0 Å². The van der Waals surface area contributed by atoms with Gasteiger partial charge in [-0.1, -0.05) is 25.1 Å². The van der Waals surface area contributed by atoms with Gasteiger partial charge in [-0.25, -0.2) is 0 Å². The number of H-pyrrole nitrogens is 1. The number of esters is 1. The molecule has 0 spiro atoms. The highest BCUT2D eigenvalue weighted by Gasteiger charge is 2.37. The molecule has 1 N–H and O–H groups in total. The molecule has 2 aliphatic rings. The number of hydrogen-bond acceptors (Lipinski definition) is 3. The van der Waals surface area contributed by atoms with Gasteiger partial charge in [0.15, 0.2) is 0 Å². The smallest absolute Gasteiger partial charge is 0.302 e. The van der Waals surface area contributed by atoms with E-state index in [9.17, 15) is 4.79 Å². The van der Waals surface area contributed by atoms with Crippen molar-refractivity contribution in [2.45, 2.75) is 45.6 Å². The molecule has 134 valence electrons. The minimum absolute atomic E-state index is 0.161. The highest BCUT2D eigenvalue weighted by molar-refractivity contribution is 5.85. The van der Waals surface area contributed by atoms with E-state index in [-0.39, 0.29) is 5.97 Å². The molecule has 0 radical (unpaired) electrons. The van der Waals surface area contributed by atoms with E-state index < -0.39 is 0 Å². The van der Waals surface area contributed by atoms with Crippen LogP contribution in [0, 0.1) is 11.8 Å². The Morgan fingerprint density at radius 2 is 2.20 bits per heavy atom. The molecule has 0 aliphatic carbocycles. The third-order valence-electron chi connectivity index (χ3n) is 6.27. The van der Waals surface area contributed by atoms with Crippen LogP contribution in [0.4, 0.5) is 0 Å². The first-order valence-electron chi connectivity index (χ1n) is 9.64. The normalized spacial score (nSPS) is 24.6. The lowest BCUT2D eigenvalue weighted by Crippen LogP contribution is -2.43. The van der Waals surface area contributed by atoms with Gasteiger partial charge in [0, 0.05) is 30.1 Å². The van der Waals surface area contributed by atoms with Crippen LogP contribution in [0.25, 0.3) is 10.9 Å². The average molecular weight is 340 g/mol. The Labute approximate surface area is 149 Å². The van der Waals surface area contributed by atoms with Crippen LogP contribution in [-0.2, 0) is 16.0 Å². The van der Waals surface area contributed by atoms with Crippen LogP contribution in [0.15, 0.2) is 24.3 Å². The van der Waals surface area contributed by atoms with E-state index in [4.69, 9.17) is 4.74 Å². The molecule has 0 bridgehead atoms. The summed E-state index contributed by atoms with van der Waals surface area (Å²) in [5, 5.41) is 1.39. The van der Waals surface area contributed by atoms with Crippen LogP contribution in [0.5, 0.6) is 0 Å². The zero-order chi connectivity index (χ0) is 17.4. The van der Waals surface area contributed by atoms with Crippen molar-refractivity contribution in [3.05, 3.63) is 35.5 Å². The maximum absolute atomic E-state index is 11.2. The van der Waals surface area contributed by atoms with E-state index in [1.807, 2.05) is 0 Å². The molecule has 1 aromatic heterocycles. The van der Waals surface area contributed by atoms with Gasteiger partial charge in [0.1, 0.15) is 0 Å². The Bertz CT molecular complexity index is 766. The van der Waals surface area contributed by atoms with E-state index in [0.717, 1.165) is 25.9 Å². The molecular weight excluding hydrogens is 312 g/mol. The number of benzene rings is 1. The number of nitrogens with one attached hydrogen (secondary N) is 1. The van der Waals surface area contributed by atoms with Gasteiger partial charge < -0.3 is 9.72 Å². The molecule has 1 fully saturated rings. The first-order chi connectivity index (χ1) is 12.2. The van der Waals surface area contributed by atoms with Gasteiger partial charge in [-0.2, -0.15) is 0 Å². The van der Waals surface area contributed by atoms with Crippen LogP contribution in [-0.4, -0.2) is 35.5 Å². The first kappa shape index (κ1) is 16.6. The molecule has 3 atom stereocenters. The summed E-state index contributed by atoms with van der Waals surface area (Å²) >= 11 is 0. The van der Waals surface area contributed by atoms with Gasteiger partial charge >= 0.3 is 5.97 Å². The molecule has 1 aromatic carbocycles. The van der Waals surface area contributed by atoms with Crippen molar-refractivity contribution >= 4 is 16.9 Å². The van der Waals surface area contributed by atoms with E-state index >= 15 is 0 Å². The Morgan fingerprint density at radius 3 is 3.00 bits per heavy atom. The van der Waals surface area contributed by atoms with E-state index in [2.05, 4.69) is 41.1 Å². The number of nitrogens with zero attached hydrogens (tertiary/aromatic N) is 1. The summed E-state index contributed by atoms with van der Waals surface area (Å²) in [6.07, 6.45) is 4.60. The number of aromatic amines is 1. The lowest BCUT2D eigenvalue weighted by Gasteiger charge is -2.44. The highest BCUT2D eigenvalue weighted by atomic mass is 16.5. The Balaban J connectivity index is 1.58. The summed E-state index contributed by atoms with van der Waals surface area (Å²) < 4.78 is 5.34. The molecule has 4 heteroatoms. The largest absolute Gasteiger partial charge is 0.466 e. The number of piperidine rings is 1. The van der Waals surface area contributed by atoms with Crippen molar-refractivity contribution < 1.29 is 9.53 Å². The van der Waals surface area contributed by atoms with Crippen LogP contribution < -0.4 is 0 Å². The second kappa shape index (κ2) is 6.83. The number of fused-ring (bicyclic) bond motifs is 5. The van der Waals surface area contributed by atoms with Crippen molar-refractivity contribution in [2.24, 2.45) is 11.8 Å². The monoisotopic (exact) mass is 340 g/mol. The van der Waals surface area contributed by atoms with Gasteiger partial charge in [0.2, 0.25) is 0 Å². The van der Waals surface area contributed by atoms with Gasteiger partial charge in [-0.3, -0.25) is 9.69 Å². The highest BCUT2D eigenvalue weighted by Crippen LogP contribution is 2.43. The van der Waals surface area contributed by atoms with Crippen LogP contribution >= 0.6 is 0 Å². The molecule has 3 heterocycles. The molecule has 0 amide bonds. The van der Waals surface area contributed by atoms with Crippen molar-refractivity contribution in [1.29, 1.82) is 0 Å². The molecule has 1 unspecified atom stereocenters. The third kappa shape index (κ3) is 3.08. The van der Waals surface area contributed by atoms with E-state index in [0.29, 0.717) is 24.5 Å². The number of carbonyl (C=O) groups is 1. The maximum atomic E-state index is 11.2.